The van der Waals surface area contributed by atoms with Crippen LogP contribution in [0.2, 0.25) is 5.02 Å². The van der Waals surface area contributed by atoms with Crippen LogP contribution in [0.1, 0.15) is 18.1 Å². The molecule has 0 atom stereocenters. The minimum absolute atomic E-state index is 0.0991. The molecular formula is C28H25ClIN3O3. The van der Waals surface area contributed by atoms with Crippen molar-refractivity contribution in [1.82, 2.24) is 5.43 Å². The van der Waals surface area contributed by atoms with E-state index in [1.807, 2.05) is 85.8 Å². The molecule has 4 aromatic carbocycles. The zero-order valence-electron chi connectivity index (χ0n) is 19.6. The van der Waals surface area contributed by atoms with Crippen LogP contribution in [-0.4, -0.2) is 25.3 Å². The number of benzene rings is 4. The van der Waals surface area contributed by atoms with Crippen molar-refractivity contribution in [3.63, 3.8) is 0 Å². The molecule has 0 heterocycles. The number of amides is 1. The first-order valence-electron chi connectivity index (χ1n) is 11.4. The summed E-state index contributed by atoms with van der Waals surface area (Å²) in [5, 5.41) is 10.1. The summed E-state index contributed by atoms with van der Waals surface area (Å²) in [6, 6.07) is 25.3. The molecule has 4 rings (SSSR count). The third-order valence-corrected chi connectivity index (χ3v) is 6.46. The number of carbonyl (C=O) groups excluding carboxylic acids is 1. The molecule has 0 saturated carbocycles. The number of hydrogen-bond donors (Lipinski definition) is 2. The van der Waals surface area contributed by atoms with E-state index in [1.54, 1.807) is 6.21 Å². The molecule has 0 radical (unpaired) electrons. The standard InChI is InChI=1S/C28H25ClIN3O3/c1-2-35-26-15-19(14-24(30)28(26)36-18-21-9-4-6-12-23(21)29)16-32-33-27(34)17-31-25-13-7-10-20-8-3-5-11-22(20)25/h3-16,31H,2,17-18H2,1H3,(H,33,34)/b32-16-. The molecule has 2 N–H and O–H groups in total. The Morgan fingerprint density at radius 3 is 2.64 bits per heavy atom. The highest BCUT2D eigenvalue weighted by Gasteiger charge is 2.13. The van der Waals surface area contributed by atoms with Crippen molar-refractivity contribution in [3.05, 3.63) is 98.6 Å². The molecule has 0 aliphatic rings. The van der Waals surface area contributed by atoms with Gasteiger partial charge in [-0.05, 0) is 64.7 Å². The van der Waals surface area contributed by atoms with E-state index in [9.17, 15) is 4.79 Å². The zero-order chi connectivity index (χ0) is 25.3. The molecule has 8 heteroatoms. The number of hydrogen-bond acceptors (Lipinski definition) is 5. The van der Waals surface area contributed by atoms with Gasteiger partial charge in [0.1, 0.15) is 6.61 Å². The van der Waals surface area contributed by atoms with Gasteiger partial charge in [-0.15, -0.1) is 0 Å². The predicted molar refractivity (Wildman–Crippen MR) is 154 cm³/mol. The Bertz CT molecular complexity index is 1390. The van der Waals surface area contributed by atoms with Gasteiger partial charge in [0.15, 0.2) is 11.5 Å². The molecule has 0 unspecified atom stereocenters. The van der Waals surface area contributed by atoms with Crippen LogP contribution in [-0.2, 0) is 11.4 Å². The minimum atomic E-state index is -0.251. The van der Waals surface area contributed by atoms with Gasteiger partial charge in [0.2, 0.25) is 0 Å². The largest absolute Gasteiger partial charge is 0.490 e. The van der Waals surface area contributed by atoms with Crippen molar-refractivity contribution in [2.45, 2.75) is 13.5 Å². The predicted octanol–water partition coefficient (Wildman–Crippen LogP) is 6.64. The summed E-state index contributed by atoms with van der Waals surface area (Å²) in [4.78, 5) is 12.3. The summed E-state index contributed by atoms with van der Waals surface area (Å²) in [6.45, 7) is 2.81. The molecule has 184 valence electrons. The molecule has 0 aliphatic heterocycles. The van der Waals surface area contributed by atoms with Crippen LogP contribution < -0.4 is 20.2 Å². The Balaban J connectivity index is 1.38. The molecule has 0 aromatic heterocycles. The van der Waals surface area contributed by atoms with Gasteiger partial charge in [-0.1, -0.05) is 66.2 Å². The SMILES string of the molecule is CCOc1cc(/C=N\NC(=O)CNc2cccc3ccccc23)cc(I)c1OCc1ccccc1Cl. The maximum atomic E-state index is 12.3. The molecule has 4 aromatic rings. The average Bonchev–Trinajstić information content (AvgIpc) is 2.88. The fourth-order valence-corrected chi connectivity index (χ4v) is 4.58. The summed E-state index contributed by atoms with van der Waals surface area (Å²) in [6.07, 6.45) is 1.58. The van der Waals surface area contributed by atoms with E-state index >= 15 is 0 Å². The van der Waals surface area contributed by atoms with Gasteiger partial charge in [0, 0.05) is 21.7 Å². The van der Waals surface area contributed by atoms with E-state index in [4.69, 9.17) is 21.1 Å². The normalized spacial score (nSPS) is 11.0. The Kier molecular flexibility index (Phi) is 9.02. The number of nitrogens with zero attached hydrogens (tertiary/aromatic N) is 1. The number of halogens is 2. The van der Waals surface area contributed by atoms with Crippen molar-refractivity contribution >= 4 is 62.8 Å². The highest BCUT2D eigenvalue weighted by molar-refractivity contribution is 14.1. The number of anilines is 1. The fourth-order valence-electron chi connectivity index (χ4n) is 3.60. The summed E-state index contributed by atoms with van der Waals surface area (Å²) in [5.41, 5.74) is 5.13. The smallest absolute Gasteiger partial charge is 0.259 e. The summed E-state index contributed by atoms with van der Waals surface area (Å²) < 4.78 is 12.7. The van der Waals surface area contributed by atoms with Crippen molar-refractivity contribution in [2.75, 3.05) is 18.5 Å². The number of fused-ring (bicyclic) bond motifs is 1. The van der Waals surface area contributed by atoms with Gasteiger partial charge in [0.25, 0.3) is 5.91 Å². The highest BCUT2D eigenvalue weighted by atomic mass is 127. The Hall–Kier alpha value is -3.30. The molecule has 0 bridgehead atoms. The molecular weight excluding hydrogens is 589 g/mol. The highest BCUT2D eigenvalue weighted by Crippen LogP contribution is 2.35. The summed E-state index contributed by atoms with van der Waals surface area (Å²) in [5.74, 6) is 0.985. The zero-order valence-corrected chi connectivity index (χ0v) is 22.5. The molecule has 6 nitrogen and oxygen atoms in total. The van der Waals surface area contributed by atoms with Crippen LogP contribution in [0.25, 0.3) is 10.8 Å². The number of rotatable bonds is 10. The van der Waals surface area contributed by atoms with E-state index in [0.717, 1.165) is 31.2 Å². The van der Waals surface area contributed by atoms with Crippen molar-refractivity contribution < 1.29 is 14.3 Å². The fraction of sp³-hybridized carbons (Fsp3) is 0.143. The first kappa shape index (κ1) is 25.8. The van der Waals surface area contributed by atoms with Crippen LogP contribution in [0.15, 0.2) is 84.0 Å². The lowest BCUT2D eigenvalue weighted by molar-refractivity contribution is -0.119. The minimum Gasteiger partial charge on any atom is -0.490 e. The summed E-state index contributed by atoms with van der Waals surface area (Å²) >= 11 is 8.45. The van der Waals surface area contributed by atoms with Gasteiger partial charge >= 0.3 is 0 Å². The molecule has 36 heavy (non-hydrogen) atoms. The van der Waals surface area contributed by atoms with Gasteiger partial charge in [-0.2, -0.15) is 5.10 Å². The van der Waals surface area contributed by atoms with Crippen LogP contribution in [0.3, 0.4) is 0 Å². The quantitative estimate of drug-likeness (QED) is 0.120. The van der Waals surface area contributed by atoms with Gasteiger partial charge < -0.3 is 14.8 Å². The second-order valence-corrected chi connectivity index (χ2v) is 9.39. The van der Waals surface area contributed by atoms with E-state index in [0.29, 0.717) is 29.7 Å². The van der Waals surface area contributed by atoms with Crippen molar-refractivity contribution in [2.24, 2.45) is 5.10 Å². The maximum Gasteiger partial charge on any atom is 0.259 e. The number of hydrazone groups is 1. The molecule has 0 fully saturated rings. The first-order chi connectivity index (χ1) is 17.5. The number of ether oxygens (including phenoxy) is 2. The van der Waals surface area contributed by atoms with E-state index < -0.39 is 0 Å². The lowest BCUT2D eigenvalue weighted by Crippen LogP contribution is -2.25. The Labute approximate surface area is 228 Å². The topological polar surface area (TPSA) is 72.0 Å². The number of nitrogens with one attached hydrogen (secondary N) is 2. The molecule has 0 aliphatic carbocycles. The average molecular weight is 614 g/mol. The van der Waals surface area contributed by atoms with Gasteiger partial charge in [-0.3, -0.25) is 4.79 Å². The second-order valence-electron chi connectivity index (χ2n) is 7.82. The van der Waals surface area contributed by atoms with Crippen LogP contribution in [0, 0.1) is 3.57 Å². The Morgan fingerprint density at radius 1 is 1.03 bits per heavy atom. The van der Waals surface area contributed by atoms with Crippen molar-refractivity contribution in [1.29, 1.82) is 0 Å². The second kappa shape index (κ2) is 12.6. The van der Waals surface area contributed by atoms with Crippen LogP contribution in [0.5, 0.6) is 11.5 Å². The maximum absolute atomic E-state index is 12.3. The monoisotopic (exact) mass is 613 g/mol. The Morgan fingerprint density at radius 2 is 1.81 bits per heavy atom. The first-order valence-corrected chi connectivity index (χ1v) is 12.9. The van der Waals surface area contributed by atoms with E-state index in [1.165, 1.54) is 0 Å². The van der Waals surface area contributed by atoms with E-state index in [-0.39, 0.29) is 12.5 Å². The molecule has 1 amide bonds. The number of carbonyl (C=O) groups is 1. The van der Waals surface area contributed by atoms with Gasteiger partial charge in [0.05, 0.1) is 22.9 Å². The summed E-state index contributed by atoms with van der Waals surface area (Å²) in [7, 11) is 0. The lowest BCUT2D eigenvalue weighted by atomic mass is 10.1. The van der Waals surface area contributed by atoms with E-state index in [2.05, 4.69) is 38.4 Å². The van der Waals surface area contributed by atoms with Gasteiger partial charge in [-0.25, -0.2) is 5.43 Å². The third-order valence-electron chi connectivity index (χ3n) is 5.29. The lowest BCUT2D eigenvalue weighted by Gasteiger charge is -2.15. The van der Waals surface area contributed by atoms with Crippen LogP contribution in [0.4, 0.5) is 5.69 Å². The molecule has 0 saturated heterocycles. The third kappa shape index (κ3) is 6.67. The molecule has 0 spiro atoms. The van der Waals surface area contributed by atoms with Crippen LogP contribution >= 0.6 is 34.2 Å². The van der Waals surface area contributed by atoms with Crippen molar-refractivity contribution in [3.8, 4) is 11.5 Å².